The molecule has 0 saturated carbocycles. The van der Waals surface area contributed by atoms with Crippen LogP contribution in [0.25, 0.3) is 0 Å². The number of carbonyl (C=O) groups is 1. The van der Waals surface area contributed by atoms with E-state index in [0.29, 0.717) is 24.3 Å². The Morgan fingerprint density at radius 1 is 1.23 bits per heavy atom. The molecular formula is C21H27NO3S. The van der Waals surface area contributed by atoms with Gasteiger partial charge in [0.2, 0.25) is 0 Å². The second-order valence-corrected chi connectivity index (χ2v) is 10.1. The van der Waals surface area contributed by atoms with Crippen molar-refractivity contribution in [3.8, 4) is 0 Å². The van der Waals surface area contributed by atoms with Crippen molar-refractivity contribution < 1.29 is 13.2 Å². The summed E-state index contributed by atoms with van der Waals surface area (Å²) in [7, 11) is -3.88. The van der Waals surface area contributed by atoms with E-state index in [4.69, 9.17) is 0 Å². The van der Waals surface area contributed by atoms with Crippen LogP contribution in [0, 0.1) is 11.3 Å². The topological polar surface area (TPSA) is 54.5 Å². The monoisotopic (exact) mass is 373 g/mol. The third-order valence-corrected chi connectivity index (χ3v) is 7.46. The molecule has 0 aromatic heterocycles. The summed E-state index contributed by atoms with van der Waals surface area (Å²) in [5.41, 5.74) is 1.84. The van der Waals surface area contributed by atoms with Gasteiger partial charge in [-0.1, -0.05) is 45.0 Å². The minimum atomic E-state index is -3.88. The van der Waals surface area contributed by atoms with Crippen LogP contribution in [-0.2, 0) is 14.8 Å². The molecule has 2 atom stereocenters. The van der Waals surface area contributed by atoms with E-state index in [9.17, 15) is 13.2 Å². The second kappa shape index (κ2) is 6.69. The van der Waals surface area contributed by atoms with Gasteiger partial charge >= 0.3 is 0 Å². The van der Waals surface area contributed by atoms with Gasteiger partial charge in [-0.25, -0.2) is 12.7 Å². The van der Waals surface area contributed by atoms with Crippen LogP contribution < -0.4 is 0 Å². The predicted octanol–water partition coefficient (Wildman–Crippen LogP) is 4.31. The van der Waals surface area contributed by atoms with E-state index in [1.54, 1.807) is 36.4 Å². The molecule has 26 heavy (non-hydrogen) atoms. The molecule has 0 bridgehead atoms. The van der Waals surface area contributed by atoms with E-state index in [2.05, 4.69) is 27.4 Å². The van der Waals surface area contributed by atoms with Gasteiger partial charge in [-0.15, -0.1) is 6.58 Å². The van der Waals surface area contributed by atoms with Crippen molar-refractivity contribution in [3.63, 3.8) is 0 Å². The van der Waals surface area contributed by atoms with Crippen molar-refractivity contribution in [2.24, 2.45) is 11.3 Å². The fourth-order valence-corrected chi connectivity index (χ4v) is 5.69. The predicted molar refractivity (Wildman–Crippen MR) is 103 cm³/mol. The van der Waals surface area contributed by atoms with Crippen molar-refractivity contribution in [2.75, 3.05) is 0 Å². The number of amides is 1. The summed E-state index contributed by atoms with van der Waals surface area (Å²) >= 11 is 0. The summed E-state index contributed by atoms with van der Waals surface area (Å²) in [6.07, 6.45) is 4.53. The first-order valence-electron chi connectivity index (χ1n) is 9.14. The maximum atomic E-state index is 13.2. The number of sulfonamides is 1. The Morgan fingerprint density at radius 2 is 1.88 bits per heavy atom. The molecule has 4 nitrogen and oxygen atoms in total. The van der Waals surface area contributed by atoms with Gasteiger partial charge in [-0.3, -0.25) is 4.79 Å². The van der Waals surface area contributed by atoms with Crippen molar-refractivity contribution >= 4 is 15.9 Å². The third-order valence-electron chi connectivity index (χ3n) is 5.66. The third kappa shape index (κ3) is 3.13. The Balaban J connectivity index is 2.02. The lowest BCUT2D eigenvalue weighted by Gasteiger charge is -2.35. The first-order valence-corrected chi connectivity index (χ1v) is 10.6. The quantitative estimate of drug-likeness (QED) is 0.739. The first kappa shape index (κ1) is 18.9. The number of hydrogen-bond donors (Lipinski definition) is 0. The molecular weight excluding hydrogens is 346 g/mol. The molecule has 1 aliphatic heterocycles. The number of rotatable bonds is 4. The van der Waals surface area contributed by atoms with Gasteiger partial charge in [0.05, 0.1) is 10.9 Å². The summed E-state index contributed by atoms with van der Waals surface area (Å²) in [5, 5.41) is 0. The minimum absolute atomic E-state index is 0.131. The first-order chi connectivity index (χ1) is 12.2. The maximum Gasteiger partial charge on any atom is 0.267 e. The molecule has 0 N–H and O–H groups in total. The molecule has 1 aromatic rings. The zero-order chi connectivity index (χ0) is 19.1. The summed E-state index contributed by atoms with van der Waals surface area (Å²) < 4.78 is 27.5. The van der Waals surface area contributed by atoms with Crippen LogP contribution in [0.5, 0.6) is 0 Å². The highest BCUT2D eigenvalue weighted by atomic mass is 32.2. The summed E-state index contributed by atoms with van der Waals surface area (Å²) in [4.78, 5) is 13.2. The standard InChI is InChI=1S/C21H27NO3S/c1-5-9-19-18-14-15(21(2,3)4)12-13-17(18)20(23)22(19)26(24,25)16-10-7-6-8-11-16/h5-8,10-11,15,19H,1,9,12-14H2,2-4H3/t15?,19-/m0/s1. The van der Waals surface area contributed by atoms with Crippen LogP contribution in [0.15, 0.2) is 59.0 Å². The van der Waals surface area contributed by atoms with Gasteiger partial charge in [0, 0.05) is 5.57 Å². The van der Waals surface area contributed by atoms with Crippen LogP contribution >= 0.6 is 0 Å². The maximum absolute atomic E-state index is 13.2. The highest BCUT2D eigenvalue weighted by molar-refractivity contribution is 7.89. The van der Waals surface area contributed by atoms with Crippen molar-refractivity contribution in [1.82, 2.24) is 4.31 Å². The van der Waals surface area contributed by atoms with Gasteiger partial charge in [-0.05, 0) is 54.7 Å². The molecule has 140 valence electrons. The second-order valence-electron chi connectivity index (χ2n) is 8.27. The van der Waals surface area contributed by atoms with Crippen molar-refractivity contribution in [2.45, 2.75) is 57.4 Å². The number of benzene rings is 1. The smallest absolute Gasteiger partial charge is 0.267 e. The minimum Gasteiger partial charge on any atom is -0.268 e. The molecule has 0 saturated heterocycles. The fourth-order valence-electron chi connectivity index (χ4n) is 4.09. The molecule has 1 aromatic carbocycles. The van der Waals surface area contributed by atoms with Crippen LogP contribution in [0.1, 0.15) is 46.5 Å². The normalized spacial score (nSPS) is 24.0. The van der Waals surface area contributed by atoms with Crippen LogP contribution in [0.2, 0.25) is 0 Å². The SMILES string of the molecule is C=CC[C@H]1C2=C(CCC(C(C)(C)C)C2)C(=O)N1S(=O)(=O)c1ccccc1. The lowest BCUT2D eigenvalue weighted by atomic mass is 9.70. The highest BCUT2D eigenvalue weighted by Gasteiger charge is 2.48. The van der Waals surface area contributed by atoms with E-state index in [1.165, 1.54) is 0 Å². The Hall–Kier alpha value is -1.88. The number of carbonyl (C=O) groups excluding carboxylic acids is 1. The summed E-state index contributed by atoms with van der Waals surface area (Å²) in [6, 6.07) is 7.78. The molecule has 1 amide bonds. The van der Waals surface area contributed by atoms with E-state index >= 15 is 0 Å². The zero-order valence-electron chi connectivity index (χ0n) is 15.7. The van der Waals surface area contributed by atoms with Gasteiger partial charge in [0.1, 0.15) is 0 Å². The fraction of sp³-hybridized carbons (Fsp3) is 0.476. The molecule has 1 aliphatic carbocycles. The van der Waals surface area contributed by atoms with E-state index in [-0.39, 0.29) is 16.2 Å². The Kier molecular flexibility index (Phi) is 4.86. The van der Waals surface area contributed by atoms with Gasteiger partial charge in [0.25, 0.3) is 15.9 Å². The molecule has 1 unspecified atom stereocenters. The molecule has 2 aliphatic rings. The van der Waals surface area contributed by atoms with Crippen molar-refractivity contribution in [3.05, 3.63) is 54.1 Å². The van der Waals surface area contributed by atoms with E-state index in [1.807, 2.05) is 0 Å². The Morgan fingerprint density at radius 3 is 2.46 bits per heavy atom. The van der Waals surface area contributed by atoms with Crippen LogP contribution in [0.4, 0.5) is 0 Å². The van der Waals surface area contributed by atoms with E-state index in [0.717, 1.165) is 22.7 Å². The summed E-state index contributed by atoms with van der Waals surface area (Å²) in [5.74, 6) is 0.101. The van der Waals surface area contributed by atoms with Crippen LogP contribution in [-0.4, -0.2) is 24.7 Å². The largest absolute Gasteiger partial charge is 0.268 e. The van der Waals surface area contributed by atoms with E-state index < -0.39 is 16.1 Å². The molecule has 0 radical (unpaired) electrons. The molecule has 1 heterocycles. The highest BCUT2D eigenvalue weighted by Crippen LogP contribution is 2.47. The molecule has 3 rings (SSSR count). The average molecular weight is 374 g/mol. The zero-order valence-corrected chi connectivity index (χ0v) is 16.6. The van der Waals surface area contributed by atoms with Gasteiger partial charge in [-0.2, -0.15) is 0 Å². The number of nitrogens with zero attached hydrogens (tertiary/aromatic N) is 1. The Bertz CT molecular complexity index is 847. The molecule has 0 fully saturated rings. The lowest BCUT2D eigenvalue weighted by Crippen LogP contribution is -2.40. The average Bonchev–Trinajstić information content (AvgIpc) is 2.88. The number of hydrogen-bond acceptors (Lipinski definition) is 3. The Labute approximate surface area is 156 Å². The molecule has 5 heteroatoms. The van der Waals surface area contributed by atoms with Gasteiger partial charge < -0.3 is 0 Å². The van der Waals surface area contributed by atoms with Gasteiger partial charge in [0.15, 0.2) is 0 Å². The van der Waals surface area contributed by atoms with Crippen LogP contribution in [0.3, 0.4) is 0 Å². The van der Waals surface area contributed by atoms with Crippen molar-refractivity contribution in [1.29, 1.82) is 0 Å². The lowest BCUT2D eigenvalue weighted by molar-refractivity contribution is -0.122. The summed E-state index contributed by atoms with van der Waals surface area (Å²) in [6.45, 7) is 10.4. The molecule has 0 spiro atoms.